The van der Waals surface area contributed by atoms with Crippen LogP contribution >= 0.6 is 25.8 Å². The first-order valence-electron chi connectivity index (χ1n) is 7.19. The maximum atomic E-state index is 10.6. The molecule has 20 heteroatoms. The van der Waals surface area contributed by atoms with Crippen molar-refractivity contribution in [2.75, 3.05) is 64.0 Å². The summed E-state index contributed by atoms with van der Waals surface area (Å²) in [5.74, 6) is -2.51. The zero-order chi connectivity index (χ0) is 27.2. The minimum atomic E-state index is -4.97. The molecule has 0 rings (SSSR count). The maximum absolute atomic E-state index is 10.6. The van der Waals surface area contributed by atoms with Gasteiger partial charge in [-0.2, -0.15) is 53.9 Å². The number of rotatable bonds is 9. The smallest absolute Gasteiger partial charge is 3.00 e. The quantitative estimate of drug-likeness (QED) is 0.166. The van der Waals surface area contributed by atoms with Crippen molar-refractivity contribution in [1.82, 2.24) is 0 Å². The molecule has 0 aliphatic rings. The van der Waals surface area contributed by atoms with Crippen molar-refractivity contribution in [2.45, 2.75) is 6.18 Å². The van der Waals surface area contributed by atoms with Gasteiger partial charge in [-0.15, -0.1) is 0 Å². The average molecular weight is 601 g/mol. The van der Waals surface area contributed by atoms with Crippen LogP contribution < -0.4 is 0 Å². The van der Waals surface area contributed by atoms with E-state index in [1.165, 1.54) is 0 Å². The summed E-state index contributed by atoms with van der Waals surface area (Å²) in [6, 6.07) is 0. The third-order valence-corrected chi connectivity index (χ3v) is 4.76. The Bertz CT molecular complexity index is 347. The van der Waals surface area contributed by atoms with Gasteiger partial charge in [-0.25, -0.2) is 0 Å². The van der Waals surface area contributed by atoms with E-state index in [2.05, 4.69) is 13.3 Å². The van der Waals surface area contributed by atoms with E-state index < -0.39 is 38.0 Å². The first-order chi connectivity index (χ1) is 15.0. The van der Waals surface area contributed by atoms with Gasteiger partial charge in [0.25, 0.3) is 0 Å². The molecule has 0 bridgehead atoms. The molecule has 0 aromatic carbocycles. The molecule has 0 aromatic heterocycles. The van der Waals surface area contributed by atoms with Gasteiger partial charge in [0, 0.05) is 0 Å². The molecule has 0 saturated carbocycles. The standard InChI is InChI=1S/3C3H10O3P.C2HF3O2.2CO.Mn/c3*1-4-7(5-2)6-3;3-2(4,5)1(6)7;2*1-2;/h3*7H,1-3H3;(H,6,7);;;/q3*+1;;;;+3/p+1. The normalized spacial score (nSPS) is 9.06. The Kier molecular flexibility index (Phi) is 64.4. The number of hydrogen-bond donors (Lipinski definition) is 0. The molecule has 0 saturated heterocycles. The van der Waals surface area contributed by atoms with Crippen LogP contribution in [0.2, 0.25) is 0 Å². The van der Waals surface area contributed by atoms with Gasteiger partial charge in [0.2, 0.25) is 0 Å². The molecule has 0 heterocycles. The van der Waals surface area contributed by atoms with Crippen molar-refractivity contribution in [1.29, 1.82) is 0 Å². The number of hydrogen-bond acceptors (Lipinski definition) is 10. The fraction of sp³-hybridized carbons (Fsp3) is 0.769. The Morgan fingerprint density at radius 1 is 0.606 bits per heavy atom. The van der Waals surface area contributed by atoms with Crippen LogP contribution in [0.5, 0.6) is 0 Å². The first kappa shape index (κ1) is 50.1. The van der Waals surface area contributed by atoms with Crippen molar-refractivity contribution in [2.24, 2.45) is 0 Å². The molecular weight excluding hydrogens is 569 g/mol. The number of halogens is 3. The van der Waals surface area contributed by atoms with Crippen molar-refractivity contribution in [3.63, 3.8) is 0 Å². The number of carbonyl (C=O) groups excluding carboxylic acids is 1. The third-order valence-electron chi connectivity index (χ3n) is 1.76. The summed E-state index contributed by atoms with van der Waals surface area (Å²) >= 11 is 0. The van der Waals surface area contributed by atoms with Gasteiger partial charge < -0.3 is 5.11 Å². The van der Waals surface area contributed by atoms with E-state index in [0.29, 0.717) is 0 Å². The second-order valence-electron chi connectivity index (χ2n) is 3.41. The van der Waals surface area contributed by atoms with Gasteiger partial charge in [0.15, 0.2) is 0 Å². The summed E-state index contributed by atoms with van der Waals surface area (Å²) in [5.41, 5.74) is 0. The molecule has 0 radical (unpaired) electrons. The van der Waals surface area contributed by atoms with Gasteiger partial charge in [0.1, 0.15) is 0 Å². The third kappa shape index (κ3) is 50.1. The Balaban J connectivity index is -0.0000000514. The fourth-order valence-electron chi connectivity index (χ4n) is 0.750. The summed E-state index contributed by atoms with van der Waals surface area (Å²) in [7, 11) is 9.92. The van der Waals surface area contributed by atoms with E-state index in [1.807, 2.05) is 0 Å². The molecule has 198 valence electrons. The SMILES string of the molecule is CO[PH+](OC)OC.CO[PH+](OC)OC.CO[PH+](OC)OC.O=C([OH2+])C(F)(F)F.[C-]#[O+].[C-]#[O+].[Mn+3]. The predicted molar refractivity (Wildman–Crippen MR) is 111 cm³/mol. The van der Waals surface area contributed by atoms with Gasteiger partial charge in [-0.3, -0.25) is 0 Å². The summed E-state index contributed by atoms with van der Waals surface area (Å²) in [6.07, 6.45) is -4.97. The molecule has 0 unspecified atom stereocenters. The molecular formula is C13H32F3MnO13P3+7. The summed E-state index contributed by atoms with van der Waals surface area (Å²) < 4.78 is 89.3. The van der Waals surface area contributed by atoms with Gasteiger partial charge in [-0.05, 0) is 0 Å². The molecule has 0 spiro atoms. The van der Waals surface area contributed by atoms with Crippen molar-refractivity contribution >= 4 is 31.8 Å². The Morgan fingerprint density at radius 2 is 0.697 bits per heavy atom. The van der Waals surface area contributed by atoms with Crippen molar-refractivity contribution in [3.8, 4) is 0 Å². The van der Waals surface area contributed by atoms with Crippen LogP contribution in [0.15, 0.2) is 0 Å². The monoisotopic (exact) mass is 601 g/mol. The minimum absolute atomic E-state index is 0. The van der Waals surface area contributed by atoms with Crippen molar-refractivity contribution in [3.05, 3.63) is 13.3 Å². The Labute approximate surface area is 205 Å². The molecule has 33 heavy (non-hydrogen) atoms. The van der Waals surface area contributed by atoms with E-state index in [0.717, 1.165) is 0 Å². The maximum Gasteiger partial charge on any atom is 3.00 e. The zero-order valence-electron chi connectivity index (χ0n) is 19.4. The van der Waals surface area contributed by atoms with Crippen LogP contribution in [0.25, 0.3) is 0 Å². The largest absolute Gasteiger partial charge is 3.00 e. The zero-order valence-corrected chi connectivity index (χ0v) is 23.6. The van der Waals surface area contributed by atoms with Crippen molar-refractivity contribution < 1.29 is 90.2 Å². The summed E-state index contributed by atoms with van der Waals surface area (Å²) in [6.45, 7) is 9.00. The molecule has 0 aliphatic carbocycles. The van der Waals surface area contributed by atoms with Crippen LogP contribution in [-0.4, -0.2) is 81.2 Å². The molecule has 0 atom stereocenters. The number of alkyl halides is 3. The molecule has 2 N–H and O–H groups in total. The summed E-state index contributed by atoms with van der Waals surface area (Å²) in [5, 5.41) is 5.47. The van der Waals surface area contributed by atoms with E-state index in [-0.39, 0.29) is 17.1 Å². The second-order valence-corrected chi connectivity index (χ2v) is 8.59. The molecule has 13 nitrogen and oxygen atoms in total. The number of carbonyl (C=O) groups is 1. The molecule has 0 aromatic rings. The second kappa shape index (κ2) is 42.4. The summed E-state index contributed by atoms with van der Waals surface area (Å²) in [4.78, 5) is 9.01. The van der Waals surface area contributed by atoms with Crippen LogP contribution in [0, 0.1) is 13.3 Å². The van der Waals surface area contributed by atoms with E-state index >= 15 is 0 Å². The Morgan fingerprint density at radius 3 is 0.697 bits per heavy atom. The topological polar surface area (TPSA) is 163 Å². The van der Waals surface area contributed by atoms with E-state index in [4.69, 9.17) is 59.9 Å². The van der Waals surface area contributed by atoms with E-state index in [9.17, 15) is 13.2 Å². The first-order valence-corrected chi connectivity index (χ1v) is 10.9. The van der Waals surface area contributed by atoms with Crippen LogP contribution in [0.4, 0.5) is 13.2 Å². The van der Waals surface area contributed by atoms with Crippen LogP contribution in [0.3, 0.4) is 0 Å². The average Bonchev–Trinajstić information content (AvgIpc) is 2.81. The van der Waals surface area contributed by atoms with Gasteiger partial charge in [-0.1, -0.05) is 0 Å². The molecule has 0 aliphatic heterocycles. The van der Waals surface area contributed by atoms with Gasteiger partial charge in [0.05, 0.1) is 68.8 Å². The minimum Gasteiger partial charge on any atom is 3.00 e. The van der Waals surface area contributed by atoms with Crippen LogP contribution in [0.1, 0.15) is 0 Å². The molecule has 0 amide bonds. The Hall–Kier alpha value is 0.189. The predicted octanol–water partition coefficient (Wildman–Crippen LogP) is 2.38. The van der Waals surface area contributed by atoms with Crippen LogP contribution in [-0.2, 0) is 71.9 Å². The molecule has 0 fully saturated rings. The fourth-order valence-corrected chi connectivity index (χ4v) is 2.25. The van der Waals surface area contributed by atoms with Gasteiger partial charge >= 0.3 is 77.6 Å². The van der Waals surface area contributed by atoms with E-state index in [1.54, 1.807) is 64.0 Å².